The van der Waals surface area contributed by atoms with Crippen LogP contribution >= 0.6 is 31.8 Å². The smallest absolute Gasteiger partial charge is 0.423 e. The predicted octanol–water partition coefficient (Wildman–Crippen LogP) is 5.08. The maximum absolute atomic E-state index is 14.8. The highest BCUT2D eigenvalue weighted by Gasteiger charge is 2.50. The summed E-state index contributed by atoms with van der Waals surface area (Å²) in [5, 5.41) is 0.195. The Kier molecular flexibility index (Phi) is 5.68. The Balaban J connectivity index is 2.31. The van der Waals surface area contributed by atoms with E-state index in [0.717, 1.165) is 6.07 Å². The Morgan fingerprint density at radius 3 is 2.48 bits per heavy atom. The van der Waals surface area contributed by atoms with Gasteiger partial charge in [0.15, 0.2) is 17.4 Å². The topological polar surface area (TPSA) is 29.5 Å². The van der Waals surface area contributed by atoms with Gasteiger partial charge in [0, 0.05) is 32.9 Å². The summed E-state index contributed by atoms with van der Waals surface area (Å²) in [5.41, 5.74) is -0.543. The quantitative estimate of drug-likeness (QED) is 0.179. The van der Waals surface area contributed by atoms with Crippen molar-refractivity contribution in [2.24, 2.45) is 0 Å². The number of hydrogen-bond acceptors (Lipinski definition) is 2. The van der Waals surface area contributed by atoms with Crippen molar-refractivity contribution in [3.05, 3.63) is 50.9 Å². The summed E-state index contributed by atoms with van der Waals surface area (Å²) in [6.07, 6.45) is -4.20. The van der Waals surface area contributed by atoms with Crippen LogP contribution in [0.3, 0.4) is 0 Å². The number of rotatable bonds is 3. The molecule has 1 heterocycles. The highest BCUT2D eigenvalue weighted by atomic mass is 127. The van der Waals surface area contributed by atoms with E-state index in [-0.39, 0.29) is 28.7 Å². The minimum atomic E-state index is -4.20. The number of carbonyl (C=O) groups is 1. The number of ether oxygens (including phenoxy) is 1. The summed E-state index contributed by atoms with van der Waals surface area (Å²) in [6.45, 7) is 6.21. The van der Waals surface area contributed by atoms with E-state index in [1.165, 1.54) is 13.8 Å². The Morgan fingerprint density at radius 1 is 1.28 bits per heavy atom. The van der Waals surface area contributed by atoms with Crippen molar-refractivity contribution in [3.63, 3.8) is 0 Å². The second-order valence-electron chi connectivity index (χ2n) is 6.62. The van der Waals surface area contributed by atoms with Gasteiger partial charge in [0.05, 0.1) is 5.69 Å². The average molecular weight is 541 g/mol. The van der Waals surface area contributed by atoms with E-state index >= 15 is 0 Å². The first-order chi connectivity index (χ1) is 13.4. The molecule has 0 aromatic heterocycles. The fourth-order valence-corrected chi connectivity index (χ4v) is 3.97. The third-order valence-corrected chi connectivity index (χ3v) is 6.90. The van der Waals surface area contributed by atoms with E-state index < -0.39 is 40.8 Å². The first-order valence-corrected chi connectivity index (χ1v) is 9.82. The highest BCUT2D eigenvalue weighted by Crippen LogP contribution is 2.44. The second-order valence-corrected chi connectivity index (χ2v) is 8.28. The Bertz CT molecular complexity index is 1040. The van der Waals surface area contributed by atoms with E-state index in [0.29, 0.717) is 20.1 Å². The van der Waals surface area contributed by atoms with Crippen LogP contribution < -0.4 is 14.9 Å². The van der Waals surface area contributed by atoms with Gasteiger partial charge in [-0.05, 0) is 47.8 Å². The van der Waals surface area contributed by atoms with Gasteiger partial charge in [0.1, 0.15) is 5.82 Å². The van der Waals surface area contributed by atoms with Crippen molar-refractivity contribution < 1.29 is 31.5 Å². The molecule has 1 unspecified atom stereocenters. The molecule has 0 fully saturated rings. The van der Waals surface area contributed by atoms with Crippen LogP contribution in [0.15, 0.2) is 24.3 Å². The lowest BCUT2D eigenvalue weighted by atomic mass is 10.00. The molecule has 0 radical (unpaired) electrons. The van der Waals surface area contributed by atoms with Crippen LogP contribution in [0.1, 0.15) is 12.5 Å². The lowest BCUT2D eigenvalue weighted by molar-refractivity contribution is -0.192. The van der Waals surface area contributed by atoms with Gasteiger partial charge in [-0.3, -0.25) is 9.69 Å². The normalized spacial score (nSPS) is 15.2. The van der Waals surface area contributed by atoms with E-state index in [2.05, 4.69) is 20.6 Å². The van der Waals surface area contributed by atoms with Crippen molar-refractivity contribution in [1.82, 2.24) is 0 Å². The van der Waals surface area contributed by atoms with Crippen LogP contribution in [0.4, 0.5) is 27.6 Å². The standard InChI is InChI=1S/C19H14F5INO2P/c1-7(2)6-26-11-4-9(10(20)5-12(11)28-19(23,24)18(26)27)13-15(22)14(21)8(3)16(25)17(13)29/h4-5H,1,6,29H2,2-3H3. The van der Waals surface area contributed by atoms with Crippen molar-refractivity contribution in [2.75, 3.05) is 11.4 Å². The number of hydrogen-bond donors (Lipinski definition) is 0. The second kappa shape index (κ2) is 7.50. The number of amides is 1. The SMILES string of the molecule is C=C(C)CN1C(=O)C(F)(F)Oc2cc(F)c(-c3c(F)c(F)c(C)c(I)c3P)cc21. The molecular weight excluding hydrogens is 527 g/mol. The van der Waals surface area contributed by atoms with Crippen molar-refractivity contribution in [1.29, 1.82) is 0 Å². The summed E-state index contributed by atoms with van der Waals surface area (Å²) in [4.78, 5) is 12.8. The van der Waals surface area contributed by atoms with E-state index in [4.69, 9.17) is 0 Å². The Hall–Kier alpha value is -1.74. The van der Waals surface area contributed by atoms with Crippen molar-refractivity contribution in [3.8, 4) is 16.9 Å². The van der Waals surface area contributed by atoms with Gasteiger partial charge in [-0.1, -0.05) is 12.2 Å². The first-order valence-electron chi connectivity index (χ1n) is 8.16. The number of benzene rings is 2. The number of halogens is 6. The summed E-state index contributed by atoms with van der Waals surface area (Å²) < 4.78 is 76.4. The fraction of sp³-hybridized carbons (Fsp3) is 0.211. The highest BCUT2D eigenvalue weighted by molar-refractivity contribution is 14.1. The molecule has 0 saturated carbocycles. The molecular formula is C19H14F5INO2P. The van der Waals surface area contributed by atoms with Crippen LogP contribution in [-0.2, 0) is 4.79 Å². The van der Waals surface area contributed by atoms with Gasteiger partial charge < -0.3 is 4.74 Å². The molecule has 29 heavy (non-hydrogen) atoms. The largest absolute Gasteiger partial charge is 0.482 e. The monoisotopic (exact) mass is 541 g/mol. The molecule has 1 atom stereocenters. The van der Waals surface area contributed by atoms with E-state index in [9.17, 15) is 26.7 Å². The molecule has 1 aliphatic heterocycles. The molecule has 0 saturated heterocycles. The average Bonchev–Trinajstić information content (AvgIpc) is 2.63. The van der Waals surface area contributed by atoms with Crippen LogP contribution in [-0.4, -0.2) is 18.6 Å². The zero-order valence-electron chi connectivity index (χ0n) is 15.2. The number of fused-ring (bicyclic) bond motifs is 1. The third-order valence-electron chi connectivity index (χ3n) is 4.35. The molecule has 0 N–H and O–H groups in total. The maximum Gasteiger partial charge on any atom is 0.482 e. The minimum absolute atomic E-state index is 0.0530. The summed E-state index contributed by atoms with van der Waals surface area (Å²) in [5.74, 6) is -5.80. The van der Waals surface area contributed by atoms with Gasteiger partial charge in [-0.15, -0.1) is 9.24 Å². The van der Waals surface area contributed by atoms with Gasteiger partial charge >= 0.3 is 12.0 Å². The van der Waals surface area contributed by atoms with Gasteiger partial charge in [0.25, 0.3) is 0 Å². The summed E-state index contributed by atoms with van der Waals surface area (Å²) in [7, 11) is 2.23. The van der Waals surface area contributed by atoms with Crippen LogP contribution in [0, 0.1) is 27.9 Å². The molecule has 0 aliphatic carbocycles. The molecule has 2 aromatic rings. The fourth-order valence-electron chi connectivity index (χ4n) is 2.97. The minimum Gasteiger partial charge on any atom is -0.423 e. The maximum atomic E-state index is 14.8. The Morgan fingerprint density at radius 2 is 1.90 bits per heavy atom. The predicted molar refractivity (Wildman–Crippen MR) is 111 cm³/mol. The Labute approximate surface area is 179 Å². The number of alkyl halides is 2. The van der Waals surface area contributed by atoms with Crippen molar-refractivity contribution in [2.45, 2.75) is 20.0 Å². The third kappa shape index (κ3) is 3.63. The molecule has 10 heteroatoms. The van der Waals surface area contributed by atoms with Gasteiger partial charge in [-0.2, -0.15) is 8.78 Å². The van der Waals surface area contributed by atoms with Crippen LogP contribution in [0.2, 0.25) is 0 Å². The zero-order chi connectivity index (χ0) is 21.8. The lowest BCUT2D eigenvalue weighted by Gasteiger charge is -2.34. The van der Waals surface area contributed by atoms with Crippen LogP contribution in [0.25, 0.3) is 11.1 Å². The molecule has 0 spiro atoms. The molecule has 3 rings (SSSR count). The van der Waals surface area contributed by atoms with Crippen molar-refractivity contribution >= 4 is 48.7 Å². The number of nitrogens with zero attached hydrogens (tertiary/aromatic N) is 1. The number of carbonyl (C=O) groups excluding carboxylic acids is 1. The van der Waals surface area contributed by atoms with Gasteiger partial charge in [0.2, 0.25) is 0 Å². The zero-order valence-corrected chi connectivity index (χ0v) is 18.5. The molecule has 3 nitrogen and oxygen atoms in total. The van der Waals surface area contributed by atoms with Crippen LogP contribution in [0.5, 0.6) is 5.75 Å². The first kappa shape index (κ1) is 22.0. The lowest BCUT2D eigenvalue weighted by Crippen LogP contribution is -2.51. The molecule has 0 bridgehead atoms. The molecule has 154 valence electrons. The van der Waals surface area contributed by atoms with E-state index in [1.54, 1.807) is 22.6 Å². The molecule has 1 aliphatic rings. The van der Waals surface area contributed by atoms with E-state index in [1.807, 2.05) is 0 Å². The number of anilines is 1. The molecule has 2 aromatic carbocycles. The summed E-state index contributed by atoms with van der Waals surface area (Å²) >= 11 is 1.80. The summed E-state index contributed by atoms with van der Waals surface area (Å²) in [6, 6.07) is 1.63. The molecule has 1 amide bonds. The van der Waals surface area contributed by atoms with Gasteiger partial charge in [-0.25, -0.2) is 13.2 Å².